The van der Waals surface area contributed by atoms with E-state index in [1.807, 2.05) is 12.1 Å². The third-order valence-electron chi connectivity index (χ3n) is 3.66. The fourth-order valence-corrected chi connectivity index (χ4v) is 2.32. The van der Waals surface area contributed by atoms with Gasteiger partial charge in [-0.05, 0) is 30.5 Å². The maximum atomic E-state index is 5.33. The molecule has 108 valence electrons. The van der Waals surface area contributed by atoms with Gasteiger partial charge in [0, 0.05) is 17.1 Å². The van der Waals surface area contributed by atoms with E-state index in [4.69, 9.17) is 9.47 Å². The Kier molecular flexibility index (Phi) is 6.66. The highest BCUT2D eigenvalue weighted by atomic mass is 79.9. The molecule has 0 heterocycles. The molecule has 2 atom stereocenters. The monoisotopic (exact) mass is 329 g/mol. The van der Waals surface area contributed by atoms with Crippen LogP contribution in [0, 0.1) is 5.92 Å². The molecule has 0 fully saturated rings. The molecule has 1 N–H and O–H groups in total. The summed E-state index contributed by atoms with van der Waals surface area (Å²) in [6.45, 7) is 7.52. The first-order valence-electron chi connectivity index (χ1n) is 6.67. The van der Waals surface area contributed by atoms with Gasteiger partial charge in [0.15, 0.2) is 11.5 Å². The summed E-state index contributed by atoms with van der Waals surface area (Å²) in [5, 5.41) is 3.55. The molecule has 0 aliphatic heterocycles. The van der Waals surface area contributed by atoms with E-state index in [2.05, 4.69) is 42.0 Å². The Morgan fingerprint density at radius 1 is 1.16 bits per heavy atom. The normalized spacial score (nSPS) is 14.0. The number of hydrogen-bond donors (Lipinski definition) is 1. The van der Waals surface area contributed by atoms with Crippen LogP contribution in [0.4, 0.5) is 0 Å². The molecule has 1 rings (SSSR count). The molecule has 1 aromatic carbocycles. The predicted octanol–water partition coefficient (Wildman–Crippen LogP) is 3.99. The lowest BCUT2D eigenvalue weighted by molar-refractivity contribution is 0.353. The van der Waals surface area contributed by atoms with Crippen LogP contribution in [0.5, 0.6) is 11.5 Å². The second-order valence-electron chi connectivity index (χ2n) is 4.85. The summed E-state index contributed by atoms with van der Waals surface area (Å²) < 4.78 is 11.6. The molecule has 0 aliphatic rings. The molecule has 0 radical (unpaired) electrons. The molecule has 4 heteroatoms. The number of halogens is 1. The van der Waals surface area contributed by atoms with Crippen molar-refractivity contribution in [2.75, 3.05) is 14.2 Å². The van der Waals surface area contributed by atoms with Crippen LogP contribution in [0.3, 0.4) is 0 Å². The summed E-state index contributed by atoms with van der Waals surface area (Å²) in [4.78, 5) is 0. The fourth-order valence-electron chi connectivity index (χ4n) is 1.86. The fraction of sp³-hybridized carbons (Fsp3) is 0.600. The van der Waals surface area contributed by atoms with Crippen LogP contribution < -0.4 is 14.8 Å². The molecule has 3 nitrogen and oxygen atoms in total. The van der Waals surface area contributed by atoms with Crippen LogP contribution in [0.15, 0.2) is 16.6 Å². The molecule has 0 spiro atoms. The van der Waals surface area contributed by atoms with E-state index in [1.54, 1.807) is 14.2 Å². The van der Waals surface area contributed by atoms with Crippen LogP contribution in [0.2, 0.25) is 0 Å². The summed E-state index contributed by atoms with van der Waals surface area (Å²) >= 11 is 3.58. The van der Waals surface area contributed by atoms with Crippen molar-refractivity contribution in [3.63, 3.8) is 0 Å². The van der Waals surface area contributed by atoms with Crippen molar-refractivity contribution in [2.45, 2.75) is 39.8 Å². The van der Waals surface area contributed by atoms with Crippen molar-refractivity contribution in [1.82, 2.24) is 5.32 Å². The smallest absolute Gasteiger partial charge is 0.161 e. The quantitative estimate of drug-likeness (QED) is 0.820. The Morgan fingerprint density at radius 2 is 1.74 bits per heavy atom. The lowest BCUT2D eigenvalue weighted by atomic mass is 10.0. The number of benzene rings is 1. The van der Waals surface area contributed by atoms with Gasteiger partial charge in [-0.2, -0.15) is 0 Å². The maximum absolute atomic E-state index is 5.33. The standard InChI is InChI=1S/C15H24BrNO2/c1-6-10(2)11(3)17-9-12-7-14(18-4)15(19-5)8-13(12)16/h7-8,10-11,17H,6,9H2,1-5H3. The number of hydrogen-bond acceptors (Lipinski definition) is 3. The predicted molar refractivity (Wildman–Crippen MR) is 83.0 cm³/mol. The lowest BCUT2D eigenvalue weighted by Crippen LogP contribution is -2.31. The van der Waals surface area contributed by atoms with Crippen LogP contribution >= 0.6 is 15.9 Å². The summed E-state index contributed by atoms with van der Waals surface area (Å²) in [7, 11) is 3.30. The zero-order chi connectivity index (χ0) is 14.4. The third kappa shape index (κ3) is 4.39. The molecule has 0 aliphatic carbocycles. The first-order valence-corrected chi connectivity index (χ1v) is 7.46. The Bertz CT molecular complexity index is 409. The van der Waals surface area contributed by atoms with Crippen molar-refractivity contribution in [2.24, 2.45) is 5.92 Å². The van der Waals surface area contributed by atoms with Crippen LogP contribution in [0.25, 0.3) is 0 Å². The van der Waals surface area contributed by atoms with E-state index >= 15 is 0 Å². The van der Waals surface area contributed by atoms with E-state index in [0.29, 0.717) is 12.0 Å². The van der Waals surface area contributed by atoms with Gasteiger partial charge in [0.25, 0.3) is 0 Å². The van der Waals surface area contributed by atoms with Crippen LogP contribution in [-0.4, -0.2) is 20.3 Å². The van der Waals surface area contributed by atoms with Gasteiger partial charge in [-0.15, -0.1) is 0 Å². The molecule has 0 saturated heterocycles. The average Bonchev–Trinajstić information content (AvgIpc) is 2.44. The molecule has 1 aromatic rings. The third-order valence-corrected chi connectivity index (χ3v) is 4.40. The second-order valence-corrected chi connectivity index (χ2v) is 5.71. The van der Waals surface area contributed by atoms with Gasteiger partial charge in [-0.1, -0.05) is 36.2 Å². The summed E-state index contributed by atoms with van der Waals surface area (Å²) in [5.41, 5.74) is 1.17. The lowest BCUT2D eigenvalue weighted by Gasteiger charge is -2.21. The first kappa shape index (κ1) is 16.3. The molecule has 0 bridgehead atoms. The summed E-state index contributed by atoms with van der Waals surface area (Å²) in [6, 6.07) is 4.45. The highest BCUT2D eigenvalue weighted by Gasteiger charge is 2.12. The summed E-state index contributed by atoms with van der Waals surface area (Å²) in [5.74, 6) is 2.17. The number of ether oxygens (including phenoxy) is 2. The van der Waals surface area contributed by atoms with Crippen LogP contribution in [0.1, 0.15) is 32.8 Å². The Hall–Kier alpha value is -0.740. The van der Waals surface area contributed by atoms with E-state index in [-0.39, 0.29) is 0 Å². The van der Waals surface area contributed by atoms with Gasteiger partial charge < -0.3 is 14.8 Å². The van der Waals surface area contributed by atoms with E-state index < -0.39 is 0 Å². The Labute approximate surface area is 124 Å². The van der Waals surface area contributed by atoms with Crippen molar-refractivity contribution >= 4 is 15.9 Å². The highest BCUT2D eigenvalue weighted by Crippen LogP contribution is 2.33. The number of rotatable bonds is 7. The van der Waals surface area contributed by atoms with Gasteiger partial charge >= 0.3 is 0 Å². The number of nitrogens with one attached hydrogen (secondary N) is 1. The molecule has 0 saturated carbocycles. The van der Waals surface area contributed by atoms with Gasteiger partial charge in [0.1, 0.15) is 0 Å². The topological polar surface area (TPSA) is 30.5 Å². The van der Waals surface area contributed by atoms with E-state index in [9.17, 15) is 0 Å². The minimum Gasteiger partial charge on any atom is -0.493 e. The van der Waals surface area contributed by atoms with Crippen molar-refractivity contribution < 1.29 is 9.47 Å². The van der Waals surface area contributed by atoms with Crippen molar-refractivity contribution in [1.29, 1.82) is 0 Å². The van der Waals surface area contributed by atoms with Gasteiger partial charge in [-0.25, -0.2) is 0 Å². The van der Waals surface area contributed by atoms with E-state index in [0.717, 1.165) is 22.5 Å². The molecule has 0 aromatic heterocycles. The first-order chi connectivity index (χ1) is 9.03. The van der Waals surface area contributed by atoms with Gasteiger partial charge in [0.2, 0.25) is 0 Å². The van der Waals surface area contributed by atoms with Gasteiger partial charge in [-0.3, -0.25) is 0 Å². The highest BCUT2D eigenvalue weighted by molar-refractivity contribution is 9.10. The van der Waals surface area contributed by atoms with Crippen LogP contribution in [-0.2, 0) is 6.54 Å². The molecular weight excluding hydrogens is 306 g/mol. The second kappa shape index (κ2) is 7.75. The molecular formula is C15H24BrNO2. The minimum atomic E-state index is 0.491. The maximum Gasteiger partial charge on any atom is 0.161 e. The average molecular weight is 330 g/mol. The molecule has 0 amide bonds. The van der Waals surface area contributed by atoms with Crippen molar-refractivity contribution in [3.8, 4) is 11.5 Å². The van der Waals surface area contributed by atoms with E-state index in [1.165, 1.54) is 12.0 Å². The Morgan fingerprint density at radius 3 is 2.26 bits per heavy atom. The largest absolute Gasteiger partial charge is 0.493 e. The SMILES string of the molecule is CCC(C)C(C)NCc1cc(OC)c(OC)cc1Br. The zero-order valence-corrected chi connectivity index (χ0v) is 14.0. The van der Waals surface area contributed by atoms with Gasteiger partial charge in [0.05, 0.1) is 14.2 Å². The minimum absolute atomic E-state index is 0.491. The zero-order valence-electron chi connectivity index (χ0n) is 12.4. The number of methoxy groups -OCH3 is 2. The molecule has 19 heavy (non-hydrogen) atoms. The molecule has 2 unspecified atom stereocenters. The van der Waals surface area contributed by atoms with Crippen molar-refractivity contribution in [3.05, 3.63) is 22.2 Å². The Balaban J connectivity index is 2.78. The summed E-state index contributed by atoms with van der Waals surface area (Å²) in [6.07, 6.45) is 1.18.